The Morgan fingerprint density at radius 3 is 2.57 bits per heavy atom. The highest BCUT2D eigenvalue weighted by Gasteiger charge is 2.24. The maximum atomic E-state index is 14.8. The molecular formula is C24H27FN2O3. The fraction of sp³-hybridized carbons (Fsp3) is 0.375. The van der Waals surface area contributed by atoms with Gasteiger partial charge < -0.3 is 19.4 Å². The van der Waals surface area contributed by atoms with Crippen molar-refractivity contribution in [1.82, 2.24) is 0 Å². The summed E-state index contributed by atoms with van der Waals surface area (Å²) < 4.78 is 25.9. The smallest absolute Gasteiger partial charge is 0.336 e. The topological polar surface area (TPSA) is 54.7 Å². The van der Waals surface area contributed by atoms with Crippen LogP contribution in [0.3, 0.4) is 0 Å². The van der Waals surface area contributed by atoms with Crippen molar-refractivity contribution in [2.45, 2.75) is 45.9 Å². The van der Waals surface area contributed by atoms with Gasteiger partial charge in [-0.3, -0.25) is 0 Å². The second-order valence-electron chi connectivity index (χ2n) is 7.96. The molecule has 5 nitrogen and oxygen atoms in total. The fourth-order valence-corrected chi connectivity index (χ4v) is 4.09. The van der Waals surface area contributed by atoms with Gasteiger partial charge in [0.15, 0.2) is 0 Å². The van der Waals surface area contributed by atoms with Crippen LogP contribution in [0.2, 0.25) is 0 Å². The van der Waals surface area contributed by atoms with E-state index in [2.05, 4.69) is 12.2 Å². The number of ether oxygens (including phenoxy) is 1. The van der Waals surface area contributed by atoms with Crippen molar-refractivity contribution in [3.05, 3.63) is 69.8 Å². The molecule has 3 aromatic rings. The van der Waals surface area contributed by atoms with E-state index in [1.807, 2.05) is 43.0 Å². The molecule has 2 atom stereocenters. The highest BCUT2D eigenvalue weighted by Crippen LogP contribution is 2.27. The van der Waals surface area contributed by atoms with E-state index in [4.69, 9.17) is 9.15 Å². The number of hydrogen-bond donors (Lipinski definition) is 1. The average Bonchev–Trinajstić information content (AvgIpc) is 2.70. The normalized spacial score (nSPS) is 19.3. The number of halogens is 1. The number of aryl methyl sites for hydroxylation is 1. The van der Waals surface area contributed by atoms with E-state index in [9.17, 15) is 9.18 Å². The minimum Gasteiger partial charge on any atom is -0.423 e. The molecule has 158 valence electrons. The number of fused-ring (bicyclic) bond motifs is 1. The molecule has 0 saturated carbocycles. The molecule has 2 heterocycles. The second-order valence-corrected chi connectivity index (χ2v) is 7.96. The van der Waals surface area contributed by atoms with Gasteiger partial charge in [-0.15, -0.1) is 0 Å². The Labute approximate surface area is 175 Å². The first-order chi connectivity index (χ1) is 14.4. The second kappa shape index (κ2) is 8.48. The first-order valence-electron chi connectivity index (χ1n) is 10.4. The van der Waals surface area contributed by atoms with Crippen molar-refractivity contribution in [2.75, 3.05) is 23.3 Å². The van der Waals surface area contributed by atoms with E-state index in [1.165, 1.54) is 12.1 Å². The molecule has 0 amide bonds. The first kappa shape index (κ1) is 20.4. The molecule has 0 spiro atoms. The van der Waals surface area contributed by atoms with E-state index in [0.717, 1.165) is 22.9 Å². The molecular weight excluding hydrogens is 383 g/mol. The molecule has 0 bridgehead atoms. The van der Waals surface area contributed by atoms with E-state index in [-0.39, 0.29) is 23.7 Å². The van der Waals surface area contributed by atoms with Crippen LogP contribution in [-0.2, 0) is 17.7 Å². The lowest BCUT2D eigenvalue weighted by molar-refractivity contribution is -0.00539. The van der Waals surface area contributed by atoms with Gasteiger partial charge >= 0.3 is 5.63 Å². The quantitative estimate of drug-likeness (QED) is 0.617. The van der Waals surface area contributed by atoms with Crippen molar-refractivity contribution >= 4 is 22.3 Å². The van der Waals surface area contributed by atoms with Crippen LogP contribution in [-0.4, -0.2) is 25.3 Å². The maximum Gasteiger partial charge on any atom is 0.336 e. The number of benzene rings is 2. The Morgan fingerprint density at radius 1 is 1.10 bits per heavy atom. The number of nitrogens with one attached hydrogen (secondary N) is 1. The Bertz CT molecular complexity index is 1100. The predicted octanol–water partition coefficient (Wildman–Crippen LogP) is 4.72. The van der Waals surface area contributed by atoms with Gasteiger partial charge in [-0.25, -0.2) is 9.18 Å². The fourth-order valence-electron chi connectivity index (χ4n) is 4.09. The first-order valence-corrected chi connectivity index (χ1v) is 10.4. The van der Waals surface area contributed by atoms with Crippen LogP contribution in [0.15, 0.2) is 51.7 Å². The molecule has 1 fully saturated rings. The zero-order valence-corrected chi connectivity index (χ0v) is 17.6. The number of morpholine rings is 1. The molecule has 2 aromatic carbocycles. The summed E-state index contributed by atoms with van der Waals surface area (Å²) in [6.45, 7) is 7.79. The summed E-state index contributed by atoms with van der Waals surface area (Å²) in [5, 5.41) is 4.12. The van der Waals surface area contributed by atoms with Crippen molar-refractivity contribution in [2.24, 2.45) is 0 Å². The van der Waals surface area contributed by atoms with E-state index < -0.39 is 0 Å². The number of rotatable bonds is 5. The molecule has 1 aromatic heterocycles. The molecule has 1 N–H and O–H groups in total. The van der Waals surface area contributed by atoms with Crippen LogP contribution < -0.4 is 15.8 Å². The number of nitrogens with zero attached hydrogens (tertiary/aromatic N) is 1. The molecule has 4 rings (SSSR count). The summed E-state index contributed by atoms with van der Waals surface area (Å²) >= 11 is 0. The molecule has 30 heavy (non-hydrogen) atoms. The highest BCUT2D eigenvalue weighted by molar-refractivity contribution is 5.81. The Hall–Kier alpha value is -2.86. The molecule has 0 unspecified atom stereocenters. The summed E-state index contributed by atoms with van der Waals surface area (Å²) in [5.41, 5.74) is 3.38. The molecule has 6 heteroatoms. The van der Waals surface area contributed by atoms with Gasteiger partial charge in [-0.2, -0.15) is 0 Å². The van der Waals surface area contributed by atoms with E-state index >= 15 is 0 Å². The van der Waals surface area contributed by atoms with Crippen molar-refractivity contribution < 1.29 is 13.5 Å². The van der Waals surface area contributed by atoms with Crippen LogP contribution in [0.5, 0.6) is 0 Å². The molecule has 0 radical (unpaired) electrons. The van der Waals surface area contributed by atoms with Gasteiger partial charge in [-0.1, -0.05) is 19.1 Å². The van der Waals surface area contributed by atoms with Gasteiger partial charge in [0.1, 0.15) is 11.4 Å². The number of hydrogen-bond acceptors (Lipinski definition) is 5. The summed E-state index contributed by atoms with van der Waals surface area (Å²) in [5.74, 6) is -0.272. The standard InChI is InChI=1S/C24H27FN2O3/c1-4-17-5-7-20-18(10-24(28)30-23(20)9-17)12-26-19-6-8-22(21(25)11-19)27-13-15(2)29-16(3)14-27/h5-11,15-16,26H,4,12-14H2,1-3H3/t15-,16-/m0/s1. The predicted molar refractivity (Wildman–Crippen MR) is 118 cm³/mol. The van der Waals surface area contributed by atoms with Crippen LogP contribution >= 0.6 is 0 Å². The Balaban J connectivity index is 1.53. The third-order valence-electron chi connectivity index (χ3n) is 5.49. The minimum absolute atomic E-state index is 0.0669. The number of anilines is 2. The monoisotopic (exact) mass is 410 g/mol. The zero-order chi connectivity index (χ0) is 21.3. The minimum atomic E-state index is -0.385. The van der Waals surface area contributed by atoms with Crippen LogP contribution in [0, 0.1) is 5.82 Å². The average molecular weight is 410 g/mol. The van der Waals surface area contributed by atoms with Crippen LogP contribution in [0.4, 0.5) is 15.8 Å². The van der Waals surface area contributed by atoms with Gasteiger partial charge in [0.05, 0.1) is 17.9 Å². The third kappa shape index (κ3) is 4.33. The molecule has 1 aliphatic rings. The van der Waals surface area contributed by atoms with Gasteiger partial charge in [-0.05, 0) is 55.7 Å². The highest BCUT2D eigenvalue weighted by atomic mass is 19.1. The summed E-state index contributed by atoms with van der Waals surface area (Å²) in [7, 11) is 0. The van der Waals surface area contributed by atoms with Crippen LogP contribution in [0.25, 0.3) is 11.0 Å². The van der Waals surface area contributed by atoms with Gasteiger partial charge in [0.2, 0.25) is 0 Å². The Morgan fingerprint density at radius 2 is 1.87 bits per heavy atom. The van der Waals surface area contributed by atoms with Crippen molar-refractivity contribution in [3.8, 4) is 0 Å². The lowest BCUT2D eigenvalue weighted by Crippen LogP contribution is -2.45. The van der Waals surface area contributed by atoms with E-state index in [0.29, 0.717) is 36.6 Å². The third-order valence-corrected chi connectivity index (χ3v) is 5.49. The molecule has 1 aliphatic heterocycles. The van der Waals surface area contributed by atoms with E-state index in [1.54, 1.807) is 6.07 Å². The lowest BCUT2D eigenvalue weighted by Gasteiger charge is -2.37. The summed E-state index contributed by atoms with van der Waals surface area (Å²) in [6.07, 6.45) is 1.00. The van der Waals surface area contributed by atoms with Crippen molar-refractivity contribution in [3.63, 3.8) is 0 Å². The molecule has 0 aliphatic carbocycles. The maximum absolute atomic E-state index is 14.8. The zero-order valence-electron chi connectivity index (χ0n) is 17.6. The molecule has 1 saturated heterocycles. The lowest BCUT2D eigenvalue weighted by atomic mass is 10.1. The van der Waals surface area contributed by atoms with Crippen molar-refractivity contribution in [1.29, 1.82) is 0 Å². The summed E-state index contributed by atoms with van der Waals surface area (Å²) in [6, 6.07) is 12.6. The Kier molecular flexibility index (Phi) is 5.77. The largest absolute Gasteiger partial charge is 0.423 e. The SMILES string of the molecule is CCc1ccc2c(CNc3ccc(N4C[C@H](C)O[C@@H](C)C4)c(F)c3)cc(=O)oc2c1. The van der Waals surface area contributed by atoms with Gasteiger partial charge in [0.25, 0.3) is 0 Å². The van der Waals surface area contributed by atoms with Gasteiger partial charge in [0, 0.05) is 36.8 Å². The summed E-state index contributed by atoms with van der Waals surface area (Å²) in [4.78, 5) is 14.0. The van der Waals surface area contributed by atoms with Crippen LogP contribution in [0.1, 0.15) is 31.9 Å².